The van der Waals surface area contributed by atoms with Gasteiger partial charge in [-0.1, -0.05) is 15.9 Å². The second kappa shape index (κ2) is 4.88. The highest BCUT2D eigenvalue weighted by Gasteiger charge is 2.07. The molecule has 2 nitrogen and oxygen atoms in total. The van der Waals surface area contributed by atoms with E-state index in [1.54, 1.807) is 12.1 Å². The van der Waals surface area contributed by atoms with Crippen molar-refractivity contribution in [2.75, 3.05) is 0 Å². The van der Waals surface area contributed by atoms with Crippen molar-refractivity contribution in [3.8, 4) is 0 Å². The van der Waals surface area contributed by atoms with Gasteiger partial charge in [-0.25, -0.2) is 9.18 Å². The summed E-state index contributed by atoms with van der Waals surface area (Å²) in [4.78, 5) is 10.3. The number of carbonyl (C=O) groups is 1. The minimum Gasteiger partial charge on any atom is -0.478 e. The molecule has 0 unspecified atom stereocenters. The van der Waals surface area contributed by atoms with Gasteiger partial charge in [-0.2, -0.15) is 0 Å². The summed E-state index contributed by atoms with van der Waals surface area (Å²) in [6, 6.07) is 3.28. The molecule has 0 aliphatic heterocycles. The van der Waals surface area contributed by atoms with E-state index in [1.165, 1.54) is 6.08 Å². The topological polar surface area (TPSA) is 37.3 Å². The van der Waals surface area contributed by atoms with Crippen molar-refractivity contribution in [2.45, 2.75) is 0 Å². The van der Waals surface area contributed by atoms with Crippen molar-refractivity contribution in [1.82, 2.24) is 0 Å². The third-order valence-corrected chi connectivity index (χ3v) is 3.00. The Labute approximate surface area is 102 Å². The average Bonchev–Trinajstić information content (AvgIpc) is 2.11. The average molecular weight is 371 g/mol. The first kappa shape index (κ1) is 11.6. The maximum Gasteiger partial charge on any atom is 0.328 e. The molecule has 0 bridgehead atoms. The zero-order valence-electron chi connectivity index (χ0n) is 6.80. The SMILES string of the molecule is O=C(O)/C=C/c1c(Br)ccc(I)c1F. The Balaban J connectivity index is 3.19. The van der Waals surface area contributed by atoms with Crippen LogP contribution in [0.25, 0.3) is 6.08 Å². The van der Waals surface area contributed by atoms with Gasteiger partial charge in [0, 0.05) is 19.7 Å². The molecule has 1 N–H and O–H groups in total. The maximum absolute atomic E-state index is 13.4. The zero-order chi connectivity index (χ0) is 10.7. The third kappa shape index (κ3) is 2.78. The summed E-state index contributed by atoms with van der Waals surface area (Å²) in [6.45, 7) is 0. The first-order chi connectivity index (χ1) is 6.52. The van der Waals surface area contributed by atoms with Gasteiger partial charge in [-0.3, -0.25) is 0 Å². The van der Waals surface area contributed by atoms with Gasteiger partial charge in [0.05, 0.1) is 0 Å². The van der Waals surface area contributed by atoms with E-state index in [4.69, 9.17) is 5.11 Å². The fourth-order valence-corrected chi connectivity index (χ4v) is 1.76. The number of carboxylic acids is 1. The summed E-state index contributed by atoms with van der Waals surface area (Å²) in [7, 11) is 0. The summed E-state index contributed by atoms with van der Waals surface area (Å²) in [5.41, 5.74) is 0.249. The van der Waals surface area contributed by atoms with Crippen molar-refractivity contribution in [3.63, 3.8) is 0 Å². The van der Waals surface area contributed by atoms with Crippen LogP contribution in [0.1, 0.15) is 5.56 Å². The van der Waals surface area contributed by atoms with Crippen LogP contribution < -0.4 is 0 Å². The van der Waals surface area contributed by atoms with Crippen LogP contribution in [-0.4, -0.2) is 11.1 Å². The van der Waals surface area contributed by atoms with Crippen molar-refractivity contribution in [3.05, 3.63) is 37.6 Å². The number of benzene rings is 1. The van der Waals surface area contributed by atoms with Crippen LogP contribution in [0.15, 0.2) is 22.7 Å². The molecule has 1 rings (SSSR count). The fourth-order valence-electron chi connectivity index (χ4n) is 0.850. The molecular weight excluding hydrogens is 366 g/mol. The highest BCUT2D eigenvalue weighted by Crippen LogP contribution is 2.24. The van der Waals surface area contributed by atoms with Crippen molar-refractivity contribution in [2.24, 2.45) is 0 Å². The molecule has 1 aromatic rings. The van der Waals surface area contributed by atoms with E-state index in [0.717, 1.165) is 6.08 Å². The monoisotopic (exact) mass is 370 g/mol. The normalized spacial score (nSPS) is 10.8. The molecular formula is C9H5BrFIO2. The highest BCUT2D eigenvalue weighted by molar-refractivity contribution is 14.1. The maximum atomic E-state index is 13.4. The van der Waals surface area contributed by atoms with Gasteiger partial charge in [-0.05, 0) is 40.8 Å². The minimum atomic E-state index is -1.10. The molecule has 0 fully saturated rings. The van der Waals surface area contributed by atoms with Crippen molar-refractivity contribution >= 4 is 50.6 Å². The molecule has 0 radical (unpaired) electrons. The summed E-state index contributed by atoms with van der Waals surface area (Å²) in [6.07, 6.45) is 2.13. The Morgan fingerprint density at radius 1 is 1.57 bits per heavy atom. The molecule has 0 aromatic heterocycles. The molecule has 0 heterocycles. The van der Waals surface area contributed by atoms with Crippen LogP contribution >= 0.6 is 38.5 Å². The number of hydrogen-bond donors (Lipinski definition) is 1. The first-order valence-electron chi connectivity index (χ1n) is 3.57. The molecule has 74 valence electrons. The van der Waals surface area contributed by atoms with Gasteiger partial charge >= 0.3 is 5.97 Å². The van der Waals surface area contributed by atoms with Crippen molar-refractivity contribution in [1.29, 1.82) is 0 Å². The standard InChI is InChI=1S/C9H5BrFIO2/c10-6-2-3-7(12)9(11)5(6)1-4-8(13)14/h1-4H,(H,13,14)/b4-1+. The molecule has 0 saturated heterocycles. The molecule has 0 atom stereocenters. The van der Waals surface area contributed by atoms with Gasteiger partial charge in [0.15, 0.2) is 0 Å². The lowest BCUT2D eigenvalue weighted by Gasteiger charge is -2.01. The Hall–Kier alpha value is -0.430. The third-order valence-electron chi connectivity index (χ3n) is 1.47. The Morgan fingerprint density at radius 2 is 2.21 bits per heavy atom. The highest BCUT2D eigenvalue weighted by atomic mass is 127. The number of hydrogen-bond acceptors (Lipinski definition) is 1. The van der Waals surface area contributed by atoms with Gasteiger partial charge in [0.2, 0.25) is 0 Å². The summed E-state index contributed by atoms with van der Waals surface area (Å²) in [5, 5.41) is 8.40. The minimum absolute atomic E-state index is 0.249. The lowest BCUT2D eigenvalue weighted by Crippen LogP contribution is -1.91. The summed E-state index contributed by atoms with van der Waals surface area (Å²) < 4.78 is 14.4. The number of carboxylic acid groups (broad SMARTS) is 1. The summed E-state index contributed by atoms with van der Waals surface area (Å²) in [5.74, 6) is -1.52. The van der Waals surface area contributed by atoms with Gasteiger partial charge in [-0.15, -0.1) is 0 Å². The van der Waals surface area contributed by atoms with Crippen LogP contribution in [0.3, 0.4) is 0 Å². The Bertz CT molecular complexity index is 404. The van der Waals surface area contributed by atoms with Crippen LogP contribution in [0.2, 0.25) is 0 Å². The largest absolute Gasteiger partial charge is 0.478 e. The fraction of sp³-hybridized carbons (Fsp3) is 0. The molecule has 0 spiro atoms. The van der Waals surface area contributed by atoms with Crippen LogP contribution in [0.5, 0.6) is 0 Å². The molecule has 14 heavy (non-hydrogen) atoms. The zero-order valence-corrected chi connectivity index (χ0v) is 10.5. The van der Waals surface area contributed by atoms with Crippen LogP contribution in [0, 0.1) is 9.39 Å². The number of halogens is 3. The van der Waals surface area contributed by atoms with E-state index in [0.29, 0.717) is 8.04 Å². The predicted molar refractivity (Wildman–Crippen MR) is 63.5 cm³/mol. The molecule has 5 heteroatoms. The van der Waals surface area contributed by atoms with Gasteiger partial charge < -0.3 is 5.11 Å². The lowest BCUT2D eigenvalue weighted by atomic mass is 10.2. The van der Waals surface area contributed by atoms with E-state index in [9.17, 15) is 9.18 Å². The van der Waals surface area contributed by atoms with E-state index in [2.05, 4.69) is 15.9 Å². The van der Waals surface area contributed by atoms with Gasteiger partial charge in [0.1, 0.15) is 5.82 Å². The van der Waals surface area contributed by atoms with E-state index in [1.807, 2.05) is 22.6 Å². The molecule has 0 aliphatic carbocycles. The predicted octanol–water partition coefficient (Wildman–Crippen LogP) is 3.29. The Kier molecular flexibility index (Phi) is 4.06. The molecule has 1 aromatic carbocycles. The second-order valence-electron chi connectivity index (χ2n) is 2.43. The number of aliphatic carboxylic acids is 1. The quantitative estimate of drug-likeness (QED) is 0.492. The number of rotatable bonds is 2. The Morgan fingerprint density at radius 3 is 2.79 bits per heavy atom. The summed E-state index contributed by atoms with van der Waals surface area (Å²) >= 11 is 4.99. The molecule has 0 amide bonds. The van der Waals surface area contributed by atoms with Crippen LogP contribution in [-0.2, 0) is 4.79 Å². The second-order valence-corrected chi connectivity index (χ2v) is 4.44. The first-order valence-corrected chi connectivity index (χ1v) is 5.44. The smallest absolute Gasteiger partial charge is 0.328 e. The van der Waals surface area contributed by atoms with E-state index < -0.39 is 11.8 Å². The molecule has 0 aliphatic rings. The van der Waals surface area contributed by atoms with Gasteiger partial charge in [0.25, 0.3) is 0 Å². The van der Waals surface area contributed by atoms with E-state index >= 15 is 0 Å². The van der Waals surface area contributed by atoms with Crippen LogP contribution in [0.4, 0.5) is 4.39 Å². The lowest BCUT2D eigenvalue weighted by molar-refractivity contribution is -0.131. The van der Waals surface area contributed by atoms with E-state index in [-0.39, 0.29) is 5.56 Å². The van der Waals surface area contributed by atoms with Crippen molar-refractivity contribution < 1.29 is 14.3 Å². The molecule has 0 saturated carbocycles.